The number of ether oxygens (including phenoxy) is 1. The molecule has 3 aliphatic rings. The molecule has 3 fully saturated rings. The van der Waals surface area contributed by atoms with Crippen LogP contribution in [-0.4, -0.2) is 79.3 Å². The Morgan fingerprint density at radius 1 is 0.944 bits per heavy atom. The van der Waals surface area contributed by atoms with Crippen LogP contribution in [0.4, 0.5) is 4.79 Å². The van der Waals surface area contributed by atoms with Gasteiger partial charge in [0.25, 0.3) is 0 Å². The third-order valence-electron chi connectivity index (χ3n) is 4.37. The Hall–Kier alpha value is -0.810. The van der Waals surface area contributed by atoms with Crippen molar-refractivity contribution >= 4 is 6.03 Å². The number of amides is 2. The standard InChI is InChI=1S/C13H23N3O2/c17-13(15-4-1-2-5-15)16-6-3-12(11-16)14-7-9-18-10-8-14/h12H,1-11H2. The van der Waals surface area contributed by atoms with E-state index in [4.69, 9.17) is 4.74 Å². The van der Waals surface area contributed by atoms with Crippen molar-refractivity contribution in [2.45, 2.75) is 25.3 Å². The van der Waals surface area contributed by atoms with E-state index in [0.717, 1.165) is 58.9 Å². The average Bonchev–Trinajstić information content (AvgIpc) is 3.10. The number of hydrogen-bond acceptors (Lipinski definition) is 3. The molecule has 0 N–H and O–H groups in total. The second-order valence-corrected chi connectivity index (χ2v) is 5.51. The van der Waals surface area contributed by atoms with Gasteiger partial charge in [-0.1, -0.05) is 0 Å². The highest BCUT2D eigenvalue weighted by atomic mass is 16.5. The summed E-state index contributed by atoms with van der Waals surface area (Å²) in [6, 6.07) is 0.823. The summed E-state index contributed by atoms with van der Waals surface area (Å²) in [4.78, 5) is 18.8. The van der Waals surface area contributed by atoms with Crippen LogP contribution < -0.4 is 0 Å². The number of carbonyl (C=O) groups excluding carboxylic acids is 1. The summed E-state index contributed by atoms with van der Waals surface area (Å²) in [6.07, 6.45) is 3.47. The topological polar surface area (TPSA) is 36.0 Å². The van der Waals surface area contributed by atoms with Crippen molar-refractivity contribution < 1.29 is 9.53 Å². The van der Waals surface area contributed by atoms with Crippen LogP contribution in [0.2, 0.25) is 0 Å². The van der Waals surface area contributed by atoms with Gasteiger partial charge in [-0.2, -0.15) is 0 Å². The molecule has 3 aliphatic heterocycles. The molecule has 0 aromatic carbocycles. The minimum Gasteiger partial charge on any atom is -0.379 e. The summed E-state index contributed by atoms with van der Waals surface area (Å²) in [7, 11) is 0. The highest BCUT2D eigenvalue weighted by Gasteiger charge is 2.33. The smallest absolute Gasteiger partial charge is 0.320 e. The van der Waals surface area contributed by atoms with Crippen molar-refractivity contribution in [2.24, 2.45) is 0 Å². The van der Waals surface area contributed by atoms with E-state index in [0.29, 0.717) is 6.04 Å². The van der Waals surface area contributed by atoms with Crippen molar-refractivity contribution in [3.05, 3.63) is 0 Å². The summed E-state index contributed by atoms with van der Waals surface area (Å²) < 4.78 is 5.38. The first kappa shape index (κ1) is 12.2. The van der Waals surface area contributed by atoms with Gasteiger partial charge < -0.3 is 14.5 Å². The maximum Gasteiger partial charge on any atom is 0.320 e. The summed E-state index contributed by atoms with van der Waals surface area (Å²) in [5.74, 6) is 0. The molecule has 102 valence electrons. The number of urea groups is 1. The summed E-state index contributed by atoms with van der Waals surface area (Å²) in [5, 5.41) is 0. The van der Waals surface area contributed by atoms with Crippen molar-refractivity contribution in [2.75, 3.05) is 52.5 Å². The van der Waals surface area contributed by atoms with E-state index in [1.165, 1.54) is 12.8 Å². The number of hydrogen-bond donors (Lipinski definition) is 0. The molecule has 0 spiro atoms. The van der Waals surface area contributed by atoms with Gasteiger partial charge in [0.2, 0.25) is 0 Å². The fourth-order valence-corrected chi connectivity index (χ4v) is 3.26. The van der Waals surface area contributed by atoms with Crippen LogP contribution in [0.15, 0.2) is 0 Å². The second-order valence-electron chi connectivity index (χ2n) is 5.51. The molecule has 0 saturated carbocycles. The van der Waals surface area contributed by atoms with Crippen molar-refractivity contribution in [3.63, 3.8) is 0 Å². The fourth-order valence-electron chi connectivity index (χ4n) is 3.26. The Morgan fingerprint density at radius 2 is 1.67 bits per heavy atom. The molecule has 3 rings (SSSR count). The predicted octanol–water partition coefficient (Wildman–Crippen LogP) is 0.609. The first-order valence-electron chi connectivity index (χ1n) is 7.20. The van der Waals surface area contributed by atoms with E-state index >= 15 is 0 Å². The minimum absolute atomic E-state index is 0.267. The van der Waals surface area contributed by atoms with E-state index in [1.54, 1.807) is 0 Å². The highest BCUT2D eigenvalue weighted by molar-refractivity contribution is 5.75. The van der Waals surface area contributed by atoms with Gasteiger partial charge >= 0.3 is 6.03 Å². The third kappa shape index (κ3) is 2.47. The first-order valence-corrected chi connectivity index (χ1v) is 7.20. The SMILES string of the molecule is O=C(N1CCCC1)N1CCC(N2CCOCC2)C1. The Labute approximate surface area is 109 Å². The van der Waals surface area contributed by atoms with Crippen LogP contribution in [0, 0.1) is 0 Å². The molecule has 0 aliphatic carbocycles. The number of rotatable bonds is 1. The molecule has 0 radical (unpaired) electrons. The Balaban J connectivity index is 1.52. The molecular weight excluding hydrogens is 230 g/mol. The monoisotopic (exact) mass is 253 g/mol. The lowest BCUT2D eigenvalue weighted by molar-refractivity contribution is 0.0189. The lowest BCUT2D eigenvalue weighted by Crippen LogP contribution is -2.46. The zero-order valence-corrected chi connectivity index (χ0v) is 11.0. The number of morpholine rings is 1. The molecule has 3 saturated heterocycles. The van der Waals surface area contributed by atoms with Crippen molar-refractivity contribution in [3.8, 4) is 0 Å². The number of nitrogens with zero attached hydrogens (tertiary/aromatic N) is 3. The molecule has 1 unspecified atom stereocenters. The molecule has 3 heterocycles. The quantitative estimate of drug-likeness (QED) is 0.687. The van der Waals surface area contributed by atoms with Crippen molar-refractivity contribution in [1.29, 1.82) is 0 Å². The molecule has 0 bridgehead atoms. The summed E-state index contributed by atoms with van der Waals surface area (Å²) in [5.41, 5.74) is 0. The van der Waals surface area contributed by atoms with Crippen LogP contribution >= 0.6 is 0 Å². The largest absolute Gasteiger partial charge is 0.379 e. The van der Waals surface area contributed by atoms with Gasteiger partial charge in [-0.25, -0.2) is 4.79 Å². The molecule has 0 aromatic rings. The maximum absolute atomic E-state index is 12.3. The van der Waals surface area contributed by atoms with Crippen LogP contribution in [-0.2, 0) is 4.74 Å². The maximum atomic E-state index is 12.3. The van der Waals surface area contributed by atoms with E-state index in [2.05, 4.69) is 4.90 Å². The molecule has 5 heteroatoms. The van der Waals surface area contributed by atoms with E-state index in [9.17, 15) is 4.79 Å². The first-order chi connectivity index (χ1) is 8.84. The van der Waals surface area contributed by atoms with Gasteiger partial charge in [0, 0.05) is 45.3 Å². The van der Waals surface area contributed by atoms with Gasteiger partial charge in [-0.15, -0.1) is 0 Å². The Morgan fingerprint density at radius 3 is 2.39 bits per heavy atom. The fraction of sp³-hybridized carbons (Fsp3) is 0.923. The second kappa shape index (κ2) is 5.45. The van der Waals surface area contributed by atoms with Crippen molar-refractivity contribution in [1.82, 2.24) is 14.7 Å². The van der Waals surface area contributed by atoms with Gasteiger partial charge in [0.15, 0.2) is 0 Å². The lowest BCUT2D eigenvalue weighted by Gasteiger charge is -2.32. The van der Waals surface area contributed by atoms with E-state index < -0.39 is 0 Å². The zero-order valence-electron chi connectivity index (χ0n) is 11.0. The number of carbonyl (C=O) groups is 1. The molecule has 1 atom stereocenters. The Bertz CT molecular complexity index is 299. The lowest BCUT2D eigenvalue weighted by atomic mass is 10.2. The summed E-state index contributed by atoms with van der Waals surface area (Å²) >= 11 is 0. The van der Waals surface area contributed by atoms with E-state index in [-0.39, 0.29) is 6.03 Å². The molecule has 18 heavy (non-hydrogen) atoms. The van der Waals surface area contributed by atoms with E-state index in [1.807, 2.05) is 9.80 Å². The Kier molecular flexibility index (Phi) is 3.70. The number of likely N-dealkylation sites (tertiary alicyclic amines) is 2. The van der Waals surface area contributed by atoms with Gasteiger partial charge in [0.05, 0.1) is 13.2 Å². The van der Waals surface area contributed by atoms with Crippen LogP contribution in [0.25, 0.3) is 0 Å². The summed E-state index contributed by atoms with van der Waals surface area (Å²) in [6.45, 7) is 7.49. The normalized spacial score (nSPS) is 30.1. The third-order valence-corrected chi connectivity index (χ3v) is 4.37. The molecular formula is C13H23N3O2. The minimum atomic E-state index is 0.267. The molecule has 0 aromatic heterocycles. The van der Waals surface area contributed by atoms with Gasteiger partial charge in [0.1, 0.15) is 0 Å². The van der Waals surface area contributed by atoms with Gasteiger partial charge in [-0.05, 0) is 19.3 Å². The molecule has 5 nitrogen and oxygen atoms in total. The molecule has 2 amide bonds. The van der Waals surface area contributed by atoms with Crippen LogP contribution in [0.3, 0.4) is 0 Å². The van der Waals surface area contributed by atoms with Crippen LogP contribution in [0.5, 0.6) is 0 Å². The van der Waals surface area contributed by atoms with Crippen LogP contribution in [0.1, 0.15) is 19.3 Å². The highest BCUT2D eigenvalue weighted by Crippen LogP contribution is 2.20. The van der Waals surface area contributed by atoms with Gasteiger partial charge in [-0.3, -0.25) is 4.90 Å². The predicted molar refractivity (Wildman–Crippen MR) is 68.6 cm³/mol. The zero-order chi connectivity index (χ0) is 12.4. The average molecular weight is 253 g/mol.